The van der Waals surface area contributed by atoms with Crippen LogP contribution in [-0.4, -0.2) is 4.98 Å². The summed E-state index contributed by atoms with van der Waals surface area (Å²) in [6.07, 6.45) is 0.669. The molecular weight excluding hydrogens is 214 g/mol. The molecule has 0 saturated heterocycles. The van der Waals surface area contributed by atoms with Gasteiger partial charge in [0.05, 0.1) is 0 Å². The molecule has 72 valence electrons. The van der Waals surface area contributed by atoms with E-state index in [1.54, 1.807) is 0 Å². The molecule has 13 heavy (non-hydrogen) atoms. The van der Waals surface area contributed by atoms with Crippen molar-refractivity contribution in [3.63, 3.8) is 0 Å². The van der Waals surface area contributed by atoms with E-state index in [9.17, 15) is 4.39 Å². The Balaban J connectivity index is 3.15. The fourth-order valence-corrected chi connectivity index (χ4v) is 1.40. The number of halogens is 3. The number of nitrogens with two attached hydrogens (primary N) is 1. The van der Waals surface area contributed by atoms with Crippen molar-refractivity contribution < 1.29 is 4.39 Å². The molecule has 0 aromatic carbocycles. The summed E-state index contributed by atoms with van der Waals surface area (Å²) in [5.74, 6) is -0.593. The predicted molar refractivity (Wildman–Crippen MR) is 51.4 cm³/mol. The Labute approximate surface area is 85.9 Å². The largest absolute Gasteiger partial charge is 0.324 e. The van der Waals surface area contributed by atoms with Gasteiger partial charge >= 0.3 is 0 Å². The number of hydrogen-bond donors (Lipinski definition) is 1. The van der Waals surface area contributed by atoms with E-state index in [2.05, 4.69) is 4.98 Å². The summed E-state index contributed by atoms with van der Waals surface area (Å²) in [5, 5.41) is -0.0576. The zero-order valence-electron chi connectivity index (χ0n) is 7.02. The highest BCUT2D eigenvalue weighted by Gasteiger charge is 2.13. The lowest BCUT2D eigenvalue weighted by Gasteiger charge is -2.10. The fraction of sp³-hybridized carbons (Fsp3) is 0.375. The average Bonchev–Trinajstić information content (AvgIpc) is 2.10. The molecule has 2 N–H and O–H groups in total. The molecule has 0 unspecified atom stereocenters. The minimum Gasteiger partial charge on any atom is -0.324 e. The van der Waals surface area contributed by atoms with Crippen LogP contribution >= 0.6 is 23.2 Å². The van der Waals surface area contributed by atoms with Gasteiger partial charge in [0.25, 0.3) is 0 Å². The summed E-state index contributed by atoms with van der Waals surface area (Å²) in [5.41, 5.74) is 6.17. The average molecular weight is 223 g/mol. The Morgan fingerprint density at radius 2 is 2.15 bits per heavy atom. The monoisotopic (exact) mass is 222 g/mol. The lowest BCUT2D eigenvalue weighted by atomic mass is 10.1. The second-order valence-corrected chi connectivity index (χ2v) is 3.37. The minimum atomic E-state index is -0.593. The maximum Gasteiger partial charge on any atom is 0.166 e. The molecule has 0 spiro atoms. The van der Waals surface area contributed by atoms with Gasteiger partial charge in [-0.3, -0.25) is 0 Å². The molecule has 1 heterocycles. The van der Waals surface area contributed by atoms with Crippen LogP contribution in [0.2, 0.25) is 10.3 Å². The van der Waals surface area contributed by atoms with Gasteiger partial charge in [-0.2, -0.15) is 0 Å². The molecule has 1 rings (SSSR count). The smallest absolute Gasteiger partial charge is 0.166 e. The van der Waals surface area contributed by atoms with Crippen LogP contribution in [0.25, 0.3) is 0 Å². The summed E-state index contributed by atoms with van der Waals surface area (Å²) >= 11 is 11.2. The molecule has 0 bridgehead atoms. The van der Waals surface area contributed by atoms with Crippen molar-refractivity contribution in [3.8, 4) is 0 Å². The van der Waals surface area contributed by atoms with Crippen LogP contribution in [0.5, 0.6) is 0 Å². The fourth-order valence-electron chi connectivity index (χ4n) is 0.940. The zero-order chi connectivity index (χ0) is 10.0. The molecule has 0 aliphatic heterocycles. The first-order valence-electron chi connectivity index (χ1n) is 3.83. The topological polar surface area (TPSA) is 38.9 Å². The molecule has 0 amide bonds. The number of hydrogen-bond acceptors (Lipinski definition) is 2. The number of rotatable bonds is 2. The highest BCUT2D eigenvalue weighted by Crippen LogP contribution is 2.25. The normalized spacial score (nSPS) is 13.0. The molecule has 1 aromatic rings. The van der Waals surface area contributed by atoms with Gasteiger partial charge < -0.3 is 5.73 Å². The van der Waals surface area contributed by atoms with Crippen molar-refractivity contribution in [3.05, 3.63) is 27.8 Å². The Morgan fingerprint density at radius 3 is 2.69 bits per heavy atom. The predicted octanol–water partition coefficient (Wildman–Crippen LogP) is 2.94. The molecule has 0 aliphatic carbocycles. The molecule has 5 heteroatoms. The van der Waals surface area contributed by atoms with Gasteiger partial charge in [-0.05, 0) is 12.5 Å². The summed E-state index contributed by atoms with van der Waals surface area (Å²) in [4.78, 5) is 3.62. The van der Waals surface area contributed by atoms with Crippen LogP contribution in [0, 0.1) is 5.82 Å². The van der Waals surface area contributed by atoms with Crippen LogP contribution < -0.4 is 5.73 Å². The van der Waals surface area contributed by atoms with Gasteiger partial charge in [-0.15, -0.1) is 0 Å². The molecule has 0 fully saturated rings. The Hall–Kier alpha value is -0.380. The van der Waals surface area contributed by atoms with Gasteiger partial charge in [0.2, 0.25) is 0 Å². The Morgan fingerprint density at radius 1 is 1.54 bits per heavy atom. The standard InChI is InChI=1S/C8H9Cl2FN2/c1-2-6(12)4-3-5(11)8(10)13-7(4)9/h3,6H,2,12H2,1H3/t6-/m0/s1. The first-order chi connectivity index (χ1) is 6.06. The van der Waals surface area contributed by atoms with Gasteiger partial charge in [-0.1, -0.05) is 30.1 Å². The van der Waals surface area contributed by atoms with Crippen LogP contribution in [-0.2, 0) is 0 Å². The molecule has 1 aromatic heterocycles. The third-order valence-corrected chi connectivity index (χ3v) is 2.32. The second-order valence-electron chi connectivity index (χ2n) is 2.66. The van der Waals surface area contributed by atoms with Crippen molar-refractivity contribution in [1.82, 2.24) is 4.98 Å². The van der Waals surface area contributed by atoms with Gasteiger partial charge in [0, 0.05) is 11.6 Å². The number of nitrogens with zero attached hydrogens (tertiary/aromatic N) is 1. The van der Waals surface area contributed by atoms with E-state index in [1.807, 2.05) is 6.92 Å². The van der Waals surface area contributed by atoms with Crippen molar-refractivity contribution in [2.24, 2.45) is 5.73 Å². The molecule has 0 saturated carbocycles. The summed E-state index contributed by atoms with van der Waals surface area (Å²) in [6, 6.07) is 0.929. The van der Waals surface area contributed by atoms with Gasteiger partial charge in [0.15, 0.2) is 11.0 Å². The number of aromatic nitrogens is 1. The zero-order valence-corrected chi connectivity index (χ0v) is 8.53. The molecule has 2 nitrogen and oxygen atoms in total. The maximum atomic E-state index is 12.9. The van der Waals surface area contributed by atoms with E-state index in [0.29, 0.717) is 12.0 Å². The summed E-state index contributed by atoms with van der Waals surface area (Å²) in [7, 11) is 0. The van der Waals surface area contributed by atoms with E-state index in [1.165, 1.54) is 6.07 Å². The highest BCUT2D eigenvalue weighted by molar-refractivity contribution is 6.33. The molecule has 1 atom stereocenters. The first kappa shape index (κ1) is 10.7. The summed E-state index contributed by atoms with van der Waals surface area (Å²) < 4.78 is 12.9. The van der Waals surface area contributed by atoms with E-state index in [-0.39, 0.29) is 16.3 Å². The van der Waals surface area contributed by atoms with E-state index < -0.39 is 5.82 Å². The van der Waals surface area contributed by atoms with E-state index in [0.717, 1.165) is 0 Å². The van der Waals surface area contributed by atoms with E-state index in [4.69, 9.17) is 28.9 Å². The Bertz CT molecular complexity index is 317. The second kappa shape index (κ2) is 4.22. The molecular formula is C8H9Cl2FN2. The lowest BCUT2D eigenvalue weighted by Crippen LogP contribution is -2.10. The lowest BCUT2D eigenvalue weighted by molar-refractivity contribution is 0.609. The van der Waals surface area contributed by atoms with Crippen LogP contribution in [0.3, 0.4) is 0 Å². The van der Waals surface area contributed by atoms with Crippen molar-refractivity contribution in [2.45, 2.75) is 19.4 Å². The third kappa shape index (κ3) is 2.30. The quantitative estimate of drug-likeness (QED) is 0.782. The van der Waals surface area contributed by atoms with E-state index >= 15 is 0 Å². The van der Waals surface area contributed by atoms with Crippen molar-refractivity contribution in [1.29, 1.82) is 0 Å². The minimum absolute atomic E-state index is 0.167. The van der Waals surface area contributed by atoms with Crippen molar-refractivity contribution >= 4 is 23.2 Å². The van der Waals surface area contributed by atoms with Crippen molar-refractivity contribution in [2.75, 3.05) is 0 Å². The van der Waals surface area contributed by atoms with Crippen LogP contribution in [0.15, 0.2) is 6.07 Å². The maximum absolute atomic E-state index is 12.9. The third-order valence-electron chi connectivity index (χ3n) is 1.75. The Kier molecular flexibility index (Phi) is 3.47. The highest BCUT2D eigenvalue weighted by atomic mass is 35.5. The first-order valence-corrected chi connectivity index (χ1v) is 4.58. The van der Waals surface area contributed by atoms with Crippen LogP contribution in [0.4, 0.5) is 4.39 Å². The van der Waals surface area contributed by atoms with Crippen LogP contribution in [0.1, 0.15) is 24.9 Å². The van der Waals surface area contributed by atoms with Gasteiger partial charge in [-0.25, -0.2) is 9.37 Å². The molecule has 0 radical (unpaired) electrons. The summed E-state index contributed by atoms with van der Waals surface area (Å²) in [6.45, 7) is 1.88. The van der Waals surface area contributed by atoms with Gasteiger partial charge in [0.1, 0.15) is 5.15 Å². The molecule has 0 aliphatic rings. The number of pyridine rings is 1. The SMILES string of the molecule is CC[C@H](N)c1cc(F)c(Cl)nc1Cl.